The van der Waals surface area contributed by atoms with Crippen molar-refractivity contribution in [1.29, 1.82) is 0 Å². The topological polar surface area (TPSA) is 30.5 Å². The van der Waals surface area contributed by atoms with Gasteiger partial charge >= 0.3 is 0 Å². The van der Waals surface area contributed by atoms with E-state index in [0.29, 0.717) is 31.8 Å². The third kappa shape index (κ3) is 4.53. The number of ether oxygens (including phenoxy) is 2. The van der Waals surface area contributed by atoms with E-state index in [1.165, 1.54) is 12.1 Å². The van der Waals surface area contributed by atoms with Gasteiger partial charge in [0.1, 0.15) is 11.6 Å². The van der Waals surface area contributed by atoms with Gasteiger partial charge in [0.2, 0.25) is 0 Å². The van der Waals surface area contributed by atoms with E-state index in [0.717, 1.165) is 0 Å². The summed E-state index contributed by atoms with van der Waals surface area (Å²) in [4.78, 5) is 0. The maximum absolute atomic E-state index is 14.0. The van der Waals surface area contributed by atoms with Gasteiger partial charge in [0, 0.05) is 25.3 Å². The molecule has 1 atom stereocenters. The first-order chi connectivity index (χ1) is 9.11. The molecule has 0 heterocycles. The van der Waals surface area contributed by atoms with Crippen LogP contribution in [0, 0.1) is 18.6 Å². The Kier molecular flexibility index (Phi) is 6.91. The minimum Gasteiger partial charge on any atom is -0.382 e. The SMILES string of the molecule is CNC(CCOCCOC)c1c(F)ccc(C)c1F. The van der Waals surface area contributed by atoms with Crippen LogP contribution in [-0.4, -0.2) is 34.0 Å². The van der Waals surface area contributed by atoms with E-state index in [4.69, 9.17) is 9.47 Å². The van der Waals surface area contributed by atoms with E-state index in [1.807, 2.05) is 0 Å². The fraction of sp³-hybridized carbons (Fsp3) is 0.571. The number of rotatable bonds is 8. The van der Waals surface area contributed by atoms with Crippen LogP contribution in [0.1, 0.15) is 23.6 Å². The van der Waals surface area contributed by atoms with E-state index in [1.54, 1.807) is 21.1 Å². The summed E-state index contributed by atoms with van der Waals surface area (Å²) < 4.78 is 37.9. The number of aryl methyl sites for hydroxylation is 1. The van der Waals surface area contributed by atoms with Crippen LogP contribution < -0.4 is 5.32 Å². The molecule has 0 radical (unpaired) electrons. The highest BCUT2D eigenvalue weighted by Crippen LogP contribution is 2.25. The zero-order valence-electron chi connectivity index (χ0n) is 11.6. The second kappa shape index (κ2) is 8.19. The van der Waals surface area contributed by atoms with Crippen molar-refractivity contribution in [3.05, 3.63) is 34.9 Å². The van der Waals surface area contributed by atoms with Crippen molar-refractivity contribution < 1.29 is 18.3 Å². The molecule has 0 bridgehead atoms. The first kappa shape index (κ1) is 16.0. The molecular weight excluding hydrogens is 252 g/mol. The Morgan fingerprint density at radius 1 is 1.21 bits per heavy atom. The van der Waals surface area contributed by atoms with E-state index in [-0.39, 0.29) is 5.56 Å². The normalized spacial score (nSPS) is 12.7. The zero-order chi connectivity index (χ0) is 14.3. The summed E-state index contributed by atoms with van der Waals surface area (Å²) in [5.74, 6) is -1.02. The van der Waals surface area contributed by atoms with Crippen molar-refractivity contribution in [2.45, 2.75) is 19.4 Å². The smallest absolute Gasteiger partial charge is 0.133 e. The van der Waals surface area contributed by atoms with Crippen molar-refractivity contribution >= 4 is 0 Å². The van der Waals surface area contributed by atoms with Crippen LogP contribution in [0.25, 0.3) is 0 Å². The average molecular weight is 273 g/mol. The lowest BCUT2D eigenvalue weighted by molar-refractivity contribution is 0.0658. The lowest BCUT2D eigenvalue weighted by Gasteiger charge is -2.19. The van der Waals surface area contributed by atoms with Crippen molar-refractivity contribution in [1.82, 2.24) is 5.32 Å². The molecule has 3 nitrogen and oxygen atoms in total. The summed E-state index contributed by atoms with van der Waals surface area (Å²) in [6.07, 6.45) is 0.498. The number of halogens is 2. The molecule has 1 aromatic rings. The van der Waals surface area contributed by atoms with E-state index >= 15 is 0 Å². The van der Waals surface area contributed by atoms with Gasteiger partial charge in [-0.05, 0) is 32.0 Å². The highest BCUT2D eigenvalue weighted by Gasteiger charge is 2.20. The molecule has 0 amide bonds. The van der Waals surface area contributed by atoms with E-state index in [2.05, 4.69) is 5.32 Å². The summed E-state index contributed by atoms with van der Waals surface area (Å²) in [6, 6.07) is 2.34. The Morgan fingerprint density at radius 3 is 2.58 bits per heavy atom. The molecule has 5 heteroatoms. The monoisotopic (exact) mass is 273 g/mol. The lowest BCUT2D eigenvalue weighted by Crippen LogP contribution is -2.21. The average Bonchev–Trinajstić information content (AvgIpc) is 2.41. The van der Waals surface area contributed by atoms with Gasteiger partial charge in [-0.2, -0.15) is 0 Å². The molecule has 108 valence electrons. The predicted molar refractivity (Wildman–Crippen MR) is 70.2 cm³/mol. The fourth-order valence-corrected chi connectivity index (χ4v) is 1.88. The van der Waals surface area contributed by atoms with Gasteiger partial charge in [-0.1, -0.05) is 6.07 Å². The minimum absolute atomic E-state index is 0.0813. The van der Waals surface area contributed by atoms with Gasteiger partial charge in [-0.15, -0.1) is 0 Å². The molecule has 19 heavy (non-hydrogen) atoms. The Bertz CT molecular complexity index is 399. The number of hydrogen-bond acceptors (Lipinski definition) is 3. The summed E-state index contributed by atoms with van der Waals surface area (Å²) in [7, 11) is 3.28. The molecule has 0 aliphatic carbocycles. The van der Waals surface area contributed by atoms with Gasteiger partial charge < -0.3 is 14.8 Å². The van der Waals surface area contributed by atoms with Crippen molar-refractivity contribution in [3.8, 4) is 0 Å². The summed E-state index contributed by atoms with van der Waals surface area (Å²) >= 11 is 0. The van der Waals surface area contributed by atoms with E-state index < -0.39 is 17.7 Å². The molecule has 1 N–H and O–H groups in total. The van der Waals surface area contributed by atoms with Gasteiger partial charge in [0.25, 0.3) is 0 Å². The minimum atomic E-state index is -0.528. The molecule has 0 spiro atoms. The molecule has 0 aromatic heterocycles. The largest absolute Gasteiger partial charge is 0.382 e. The molecule has 0 saturated carbocycles. The maximum Gasteiger partial charge on any atom is 0.133 e. The summed E-state index contributed by atoms with van der Waals surface area (Å²) in [5, 5.41) is 2.93. The Morgan fingerprint density at radius 2 is 1.95 bits per heavy atom. The van der Waals surface area contributed by atoms with Crippen LogP contribution in [0.5, 0.6) is 0 Å². The Hall–Kier alpha value is -1.04. The Labute approximate surface area is 112 Å². The van der Waals surface area contributed by atoms with Crippen LogP contribution in [0.15, 0.2) is 12.1 Å². The number of nitrogens with one attached hydrogen (secondary N) is 1. The van der Waals surface area contributed by atoms with Gasteiger partial charge in [-0.25, -0.2) is 8.78 Å². The molecule has 0 saturated heterocycles. The van der Waals surface area contributed by atoms with Crippen molar-refractivity contribution in [2.75, 3.05) is 34.0 Å². The number of methoxy groups -OCH3 is 1. The molecule has 0 fully saturated rings. The first-order valence-corrected chi connectivity index (χ1v) is 6.30. The summed E-state index contributed by atoms with van der Waals surface area (Å²) in [6.45, 7) is 3.03. The zero-order valence-corrected chi connectivity index (χ0v) is 11.6. The number of benzene rings is 1. The standard InChI is InChI=1S/C14H21F2NO2/c1-10-4-5-11(15)13(14(10)16)12(17-2)6-7-19-9-8-18-3/h4-5,12,17H,6-9H2,1-3H3. The number of hydrogen-bond donors (Lipinski definition) is 1. The van der Waals surface area contributed by atoms with Gasteiger partial charge in [-0.3, -0.25) is 0 Å². The van der Waals surface area contributed by atoms with Crippen molar-refractivity contribution in [2.24, 2.45) is 0 Å². The highest BCUT2D eigenvalue weighted by molar-refractivity contribution is 5.29. The van der Waals surface area contributed by atoms with Crippen LogP contribution in [0.3, 0.4) is 0 Å². The fourth-order valence-electron chi connectivity index (χ4n) is 1.88. The third-order valence-corrected chi connectivity index (χ3v) is 3.00. The van der Waals surface area contributed by atoms with Crippen LogP contribution in [-0.2, 0) is 9.47 Å². The van der Waals surface area contributed by atoms with Gasteiger partial charge in [0.05, 0.1) is 13.2 Å². The quantitative estimate of drug-likeness (QED) is 0.738. The predicted octanol–water partition coefficient (Wildman–Crippen LogP) is 2.59. The lowest BCUT2D eigenvalue weighted by atomic mass is 10.0. The van der Waals surface area contributed by atoms with Crippen LogP contribution >= 0.6 is 0 Å². The third-order valence-electron chi connectivity index (χ3n) is 3.00. The molecule has 1 unspecified atom stereocenters. The molecule has 1 rings (SSSR count). The molecule has 1 aromatic carbocycles. The second-order valence-corrected chi connectivity index (χ2v) is 4.33. The first-order valence-electron chi connectivity index (χ1n) is 6.30. The van der Waals surface area contributed by atoms with Crippen molar-refractivity contribution in [3.63, 3.8) is 0 Å². The van der Waals surface area contributed by atoms with Crippen LogP contribution in [0.4, 0.5) is 8.78 Å². The van der Waals surface area contributed by atoms with Crippen LogP contribution in [0.2, 0.25) is 0 Å². The maximum atomic E-state index is 14.0. The van der Waals surface area contributed by atoms with Gasteiger partial charge in [0.15, 0.2) is 0 Å². The molecule has 0 aliphatic heterocycles. The summed E-state index contributed by atoms with van der Waals surface area (Å²) in [5.41, 5.74) is 0.523. The highest BCUT2D eigenvalue weighted by atomic mass is 19.1. The molecular formula is C14H21F2NO2. The molecule has 0 aliphatic rings. The second-order valence-electron chi connectivity index (χ2n) is 4.33. The van der Waals surface area contributed by atoms with E-state index in [9.17, 15) is 8.78 Å². The Balaban J connectivity index is 2.67.